The number of fused-ring (bicyclic) bond motifs is 1. The number of nitrogens with one attached hydrogen (secondary N) is 3. The number of likely N-dealkylation sites (N-methyl/N-ethyl adjacent to an activating group) is 1. The summed E-state index contributed by atoms with van der Waals surface area (Å²) in [5.41, 5.74) is 5.95. The molecule has 7 rings (SSSR count). The number of rotatable bonds is 11. The van der Waals surface area contributed by atoms with Crippen LogP contribution in [0.4, 0.5) is 22.8 Å². The molecule has 2 aliphatic heterocycles. The average Bonchev–Trinajstić information content (AvgIpc) is 4.11. The summed E-state index contributed by atoms with van der Waals surface area (Å²) in [5, 5.41) is 2.67. The number of likely N-dealkylation sites (tertiary alicyclic amines) is 2. The number of carbonyl (C=O) groups is 5. The van der Waals surface area contributed by atoms with Crippen molar-refractivity contribution in [3.05, 3.63) is 72.7 Å². The number of aromatic amines is 2. The molecule has 3 N–H and O–H groups in total. The monoisotopic (exact) mass is 886 g/mol. The maximum absolute atomic E-state index is 13.8. The van der Waals surface area contributed by atoms with Gasteiger partial charge < -0.3 is 34.6 Å². The van der Waals surface area contributed by atoms with Crippen LogP contribution < -0.4 is 5.32 Å². The number of benzene rings is 2. The van der Waals surface area contributed by atoms with Crippen molar-refractivity contribution < 1.29 is 46.6 Å². The largest absolute Gasteiger partial charge is 0.491 e. The van der Waals surface area contributed by atoms with Crippen LogP contribution in [0.5, 0.6) is 0 Å². The quantitative estimate of drug-likeness (QED) is 0.0912. The summed E-state index contributed by atoms with van der Waals surface area (Å²) in [5.74, 6) is -2.84. The van der Waals surface area contributed by atoms with Crippen molar-refractivity contribution >= 4 is 41.0 Å². The lowest BCUT2D eigenvalue weighted by Gasteiger charge is -2.34. The molecular formula is C44H49F3N10O7. The van der Waals surface area contributed by atoms with E-state index in [-0.39, 0.29) is 17.9 Å². The normalized spacial score (nSPS) is 17.5. The smallest absolute Gasteiger partial charge is 0.453 e. The molecule has 0 aliphatic carbocycles. The van der Waals surface area contributed by atoms with Crippen LogP contribution in [0.2, 0.25) is 0 Å². The number of imidazole rings is 2. The molecule has 2 saturated heterocycles. The molecule has 338 valence electrons. The second-order valence-electron chi connectivity index (χ2n) is 16.6. The van der Waals surface area contributed by atoms with Crippen molar-refractivity contribution in [2.45, 2.75) is 83.7 Å². The van der Waals surface area contributed by atoms with Crippen LogP contribution in [-0.4, -0.2) is 120 Å². The number of alkyl carbamates (subject to hydrolysis) is 1. The first-order valence-corrected chi connectivity index (χ1v) is 20.9. The zero-order valence-corrected chi connectivity index (χ0v) is 36.1. The highest BCUT2D eigenvalue weighted by Gasteiger charge is 2.45. The summed E-state index contributed by atoms with van der Waals surface area (Å²) >= 11 is 0. The Bertz CT molecular complexity index is 2540. The molecule has 5 aromatic rings. The van der Waals surface area contributed by atoms with Gasteiger partial charge in [0.2, 0.25) is 11.8 Å². The average molecular weight is 887 g/mol. The summed E-state index contributed by atoms with van der Waals surface area (Å²) < 4.78 is 47.0. The number of halogens is 3. The Hall–Kier alpha value is -6.86. The molecule has 4 amide bonds. The van der Waals surface area contributed by atoms with Crippen molar-refractivity contribution in [2.75, 3.05) is 27.2 Å². The molecule has 5 heterocycles. The highest BCUT2D eigenvalue weighted by atomic mass is 19.4. The first kappa shape index (κ1) is 45.2. The Morgan fingerprint density at radius 3 is 1.89 bits per heavy atom. The van der Waals surface area contributed by atoms with E-state index in [0.717, 1.165) is 47.2 Å². The van der Waals surface area contributed by atoms with Crippen molar-refractivity contribution in [3.8, 4) is 33.8 Å². The minimum absolute atomic E-state index is 0.145. The van der Waals surface area contributed by atoms with E-state index in [4.69, 9.17) is 14.7 Å². The molecule has 2 aliphatic rings. The highest BCUT2D eigenvalue weighted by Crippen LogP contribution is 2.35. The van der Waals surface area contributed by atoms with Crippen LogP contribution in [0, 0.1) is 11.8 Å². The summed E-state index contributed by atoms with van der Waals surface area (Å²) in [6, 6.07) is 10.7. The fourth-order valence-electron chi connectivity index (χ4n) is 8.34. The molecular weight excluding hydrogens is 838 g/mol. The van der Waals surface area contributed by atoms with E-state index in [1.54, 1.807) is 42.2 Å². The molecule has 4 atom stereocenters. The van der Waals surface area contributed by atoms with Gasteiger partial charge in [-0.3, -0.25) is 19.5 Å². The van der Waals surface area contributed by atoms with Gasteiger partial charge in [0, 0.05) is 31.3 Å². The van der Waals surface area contributed by atoms with Gasteiger partial charge in [-0.05, 0) is 55.2 Å². The van der Waals surface area contributed by atoms with Gasteiger partial charge in [-0.25, -0.2) is 29.3 Å². The number of hydrogen-bond donors (Lipinski definition) is 3. The molecule has 64 heavy (non-hydrogen) atoms. The Morgan fingerprint density at radius 1 is 0.766 bits per heavy atom. The molecule has 20 heteroatoms. The summed E-state index contributed by atoms with van der Waals surface area (Å²) in [4.78, 5) is 92.7. The number of hydrogen-bond acceptors (Lipinski definition) is 11. The van der Waals surface area contributed by atoms with E-state index in [9.17, 15) is 37.1 Å². The van der Waals surface area contributed by atoms with Crippen LogP contribution in [0.25, 0.3) is 44.8 Å². The highest BCUT2D eigenvalue weighted by molar-refractivity contribution is 5.91. The predicted octanol–water partition coefficient (Wildman–Crippen LogP) is 6.97. The molecule has 0 spiro atoms. The number of aromatic nitrogens is 6. The molecule has 17 nitrogen and oxygen atoms in total. The lowest BCUT2D eigenvalue weighted by molar-refractivity contribution is -0.194. The molecule has 2 aromatic carbocycles. The number of H-pyrrole nitrogens is 2. The van der Waals surface area contributed by atoms with Crippen molar-refractivity contribution in [2.24, 2.45) is 11.8 Å². The van der Waals surface area contributed by atoms with Crippen LogP contribution in [0.3, 0.4) is 0 Å². The predicted molar refractivity (Wildman–Crippen MR) is 226 cm³/mol. The zero-order valence-electron chi connectivity index (χ0n) is 36.1. The Kier molecular flexibility index (Phi) is 13.0. The second-order valence-corrected chi connectivity index (χ2v) is 16.6. The number of methoxy groups -OCH3 is 1. The maximum Gasteiger partial charge on any atom is 0.491 e. The van der Waals surface area contributed by atoms with Gasteiger partial charge >= 0.3 is 24.3 Å². The van der Waals surface area contributed by atoms with E-state index < -0.39 is 54.3 Å². The van der Waals surface area contributed by atoms with Gasteiger partial charge in [-0.1, -0.05) is 58.0 Å². The number of alkyl halides is 3. The number of carbonyl (C=O) groups excluding carboxylic acids is 5. The second kappa shape index (κ2) is 18.5. The molecule has 0 unspecified atom stereocenters. The fraction of sp³-hybridized carbons (Fsp3) is 0.432. The molecule has 3 aromatic heterocycles. The Balaban J connectivity index is 1.01. The molecule has 0 bridgehead atoms. The number of amides is 4. The summed E-state index contributed by atoms with van der Waals surface area (Å²) in [6.07, 6.45) is 0.221. The van der Waals surface area contributed by atoms with Crippen LogP contribution in [-0.2, 0) is 23.9 Å². The van der Waals surface area contributed by atoms with Gasteiger partial charge in [0.1, 0.15) is 23.7 Å². The van der Waals surface area contributed by atoms with Crippen molar-refractivity contribution in [3.63, 3.8) is 0 Å². The fourth-order valence-corrected chi connectivity index (χ4v) is 8.34. The third-order valence-electron chi connectivity index (χ3n) is 11.6. The lowest BCUT2D eigenvalue weighted by atomic mass is 10.0. The molecule has 2 fully saturated rings. The first-order valence-electron chi connectivity index (χ1n) is 20.9. The zero-order chi connectivity index (χ0) is 46.0. The number of ether oxygens (including phenoxy) is 2. The van der Waals surface area contributed by atoms with Crippen LogP contribution >= 0.6 is 0 Å². The third kappa shape index (κ3) is 9.40. The first-order chi connectivity index (χ1) is 30.4. The van der Waals surface area contributed by atoms with E-state index in [1.165, 1.54) is 7.11 Å². The minimum atomic E-state index is -5.37. The van der Waals surface area contributed by atoms with Crippen LogP contribution in [0.1, 0.15) is 77.1 Å². The van der Waals surface area contributed by atoms with Crippen molar-refractivity contribution in [1.29, 1.82) is 0 Å². The van der Waals surface area contributed by atoms with Crippen LogP contribution in [0.15, 0.2) is 61.1 Å². The van der Waals surface area contributed by atoms with E-state index in [2.05, 4.69) is 30.0 Å². The number of esters is 1. The van der Waals surface area contributed by atoms with Gasteiger partial charge in [0.15, 0.2) is 0 Å². The lowest BCUT2D eigenvalue weighted by Crippen LogP contribution is -2.52. The van der Waals surface area contributed by atoms with Crippen molar-refractivity contribution in [1.82, 2.24) is 49.9 Å². The SMILES string of the molecule is COC(=O)N[C@@H](C(=O)N1CCC[C@H]1c1ncc(-c2ccc3nc(-c4ccc(-c5cnc([C@@H]6CCCN6C(=O)[C@H](C(C)C)N(C)C(=O)OC(=O)C(F)(F)F)[nH]5)cc4)cnc3c2)[nH]1)C(C)C. The minimum Gasteiger partial charge on any atom is -0.453 e. The molecule has 0 saturated carbocycles. The van der Waals surface area contributed by atoms with E-state index in [1.807, 2.05) is 56.3 Å². The van der Waals surface area contributed by atoms with E-state index in [0.29, 0.717) is 60.0 Å². The Labute approximate surface area is 366 Å². The van der Waals surface area contributed by atoms with E-state index >= 15 is 0 Å². The Morgan fingerprint density at radius 2 is 1.33 bits per heavy atom. The number of nitrogens with zero attached hydrogens (tertiary/aromatic N) is 7. The van der Waals surface area contributed by atoms with Gasteiger partial charge in [0.25, 0.3) is 0 Å². The maximum atomic E-state index is 13.8. The third-order valence-corrected chi connectivity index (χ3v) is 11.6. The topological polar surface area (TPSA) is 209 Å². The van der Waals surface area contributed by atoms with Gasteiger partial charge in [-0.2, -0.15) is 13.2 Å². The summed E-state index contributed by atoms with van der Waals surface area (Å²) in [6.45, 7) is 7.91. The standard InChI is InChI=1S/C44H49F3N10O7/c1-23(2)35(54-42(61)63-6)39(58)56-17-7-9-33(56)37-50-22-32(53-37)27-15-16-28-29(19-27)48-20-30(51-28)25-11-13-26(14-12-25)31-21-49-38(52-31)34-10-8-18-57(34)40(59)36(24(3)4)55(5)43(62)64-41(60)44(45,46)47/h11-16,19-24,33-36H,7-10,17-18H2,1-6H3,(H,49,52)(H,50,53)(H,54,61)/t33-,34-,35+,36-/m0/s1. The summed E-state index contributed by atoms with van der Waals surface area (Å²) in [7, 11) is 2.39. The molecule has 0 radical (unpaired) electrons. The van der Waals surface area contributed by atoms with Gasteiger partial charge in [-0.15, -0.1) is 0 Å². The van der Waals surface area contributed by atoms with Gasteiger partial charge in [0.05, 0.1) is 65.9 Å².